The minimum atomic E-state index is -3.92. The van der Waals surface area contributed by atoms with E-state index in [1.54, 1.807) is 30.3 Å². The van der Waals surface area contributed by atoms with Crippen molar-refractivity contribution in [2.45, 2.75) is 23.8 Å². The standard InChI is InChI=1S/C19H19ClN2O5S/c1-22(14-5-3-2-4-6-14)28(25,26)15-9-10-17(20)16(11-15)19(24)27-12-18(23)21-13-7-8-13/h2-6,9-11,13H,7-8,12H2,1H3,(H,21,23). The van der Waals surface area contributed by atoms with E-state index in [9.17, 15) is 18.0 Å². The van der Waals surface area contributed by atoms with Crippen LogP contribution in [0.5, 0.6) is 0 Å². The van der Waals surface area contributed by atoms with E-state index in [1.165, 1.54) is 19.2 Å². The Balaban J connectivity index is 1.78. The summed E-state index contributed by atoms with van der Waals surface area (Å²) in [7, 11) is -2.50. The molecule has 2 aromatic carbocycles. The maximum absolute atomic E-state index is 12.9. The van der Waals surface area contributed by atoms with Crippen LogP contribution in [-0.2, 0) is 19.6 Å². The van der Waals surface area contributed by atoms with Crippen LogP contribution in [0, 0.1) is 0 Å². The van der Waals surface area contributed by atoms with Crippen molar-refractivity contribution in [3.8, 4) is 0 Å². The first-order valence-electron chi connectivity index (χ1n) is 8.59. The quantitative estimate of drug-likeness (QED) is 0.692. The summed E-state index contributed by atoms with van der Waals surface area (Å²) in [6.45, 7) is -0.452. The highest BCUT2D eigenvalue weighted by molar-refractivity contribution is 7.92. The molecule has 1 aliphatic rings. The van der Waals surface area contributed by atoms with Crippen LogP contribution < -0.4 is 9.62 Å². The predicted molar refractivity (Wildman–Crippen MR) is 105 cm³/mol. The molecule has 0 bridgehead atoms. The summed E-state index contributed by atoms with van der Waals surface area (Å²) in [6.07, 6.45) is 1.83. The van der Waals surface area contributed by atoms with Gasteiger partial charge >= 0.3 is 5.97 Å². The number of nitrogens with zero attached hydrogens (tertiary/aromatic N) is 1. The number of carbonyl (C=O) groups excluding carboxylic acids is 2. The van der Waals surface area contributed by atoms with E-state index in [0.717, 1.165) is 23.2 Å². The first kappa shape index (κ1) is 20.2. The molecule has 0 aromatic heterocycles. The van der Waals surface area contributed by atoms with E-state index in [1.807, 2.05) is 0 Å². The van der Waals surface area contributed by atoms with E-state index in [-0.39, 0.29) is 21.5 Å². The molecular formula is C19H19ClN2O5S. The Bertz CT molecular complexity index is 991. The SMILES string of the molecule is CN(c1ccccc1)S(=O)(=O)c1ccc(Cl)c(C(=O)OCC(=O)NC2CC2)c1. The molecule has 1 amide bonds. The Morgan fingerprint density at radius 3 is 2.50 bits per heavy atom. The number of esters is 1. The normalized spacial score (nSPS) is 13.6. The number of hydrogen-bond donors (Lipinski definition) is 1. The molecule has 148 valence electrons. The molecule has 0 saturated heterocycles. The molecule has 0 radical (unpaired) electrons. The minimum Gasteiger partial charge on any atom is -0.452 e. The fraction of sp³-hybridized carbons (Fsp3) is 0.263. The minimum absolute atomic E-state index is 0.0360. The number of rotatable bonds is 7. The third-order valence-electron chi connectivity index (χ3n) is 4.21. The number of anilines is 1. The number of sulfonamides is 1. The van der Waals surface area contributed by atoms with Gasteiger partial charge in [0.1, 0.15) is 0 Å². The second-order valence-electron chi connectivity index (χ2n) is 6.37. The molecule has 0 aliphatic heterocycles. The number of hydrogen-bond acceptors (Lipinski definition) is 5. The highest BCUT2D eigenvalue weighted by Gasteiger charge is 2.26. The molecule has 1 aliphatic carbocycles. The Hall–Kier alpha value is -2.58. The lowest BCUT2D eigenvalue weighted by Crippen LogP contribution is -2.30. The summed E-state index contributed by atoms with van der Waals surface area (Å²) in [6, 6.07) is 12.5. The maximum atomic E-state index is 12.9. The molecule has 1 N–H and O–H groups in total. The Morgan fingerprint density at radius 2 is 1.86 bits per heavy atom. The van der Waals surface area contributed by atoms with Crippen LogP contribution in [-0.4, -0.2) is 40.0 Å². The van der Waals surface area contributed by atoms with Gasteiger partial charge in [-0.25, -0.2) is 13.2 Å². The molecule has 9 heteroatoms. The van der Waals surface area contributed by atoms with Crippen molar-refractivity contribution in [2.75, 3.05) is 18.0 Å². The number of ether oxygens (including phenoxy) is 1. The van der Waals surface area contributed by atoms with Crippen molar-refractivity contribution in [3.63, 3.8) is 0 Å². The van der Waals surface area contributed by atoms with E-state index >= 15 is 0 Å². The molecule has 2 aromatic rings. The maximum Gasteiger partial charge on any atom is 0.340 e. The number of benzene rings is 2. The average Bonchev–Trinajstić information content (AvgIpc) is 3.50. The van der Waals surface area contributed by atoms with E-state index in [4.69, 9.17) is 16.3 Å². The van der Waals surface area contributed by atoms with Crippen LogP contribution in [0.1, 0.15) is 23.2 Å². The van der Waals surface area contributed by atoms with Crippen LogP contribution in [0.15, 0.2) is 53.4 Å². The number of carbonyl (C=O) groups is 2. The predicted octanol–water partition coefficient (Wildman–Crippen LogP) is 2.60. The molecule has 7 nitrogen and oxygen atoms in total. The van der Waals surface area contributed by atoms with Gasteiger partial charge in [0.05, 0.1) is 21.2 Å². The largest absolute Gasteiger partial charge is 0.452 e. The molecule has 0 heterocycles. The zero-order valence-electron chi connectivity index (χ0n) is 15.1. The van der Waals surface area contributed by atoms with Gasteiger partial charge in [0.2, 0.25) is 0 Å². The van der Waals surface area contributed by atoms with Crippen molar-refractivity contribution in [2.24, 2.45) is 0 Å². The highest BCUT2D eigenvalue weighted by Crippen LogP contribution is 2.26. The number of nitrogens with one attached hydrogen (secondary N) is 1. The van der Waals surface area contributed by atoms with Crippen molar-refractivity contribution in [1.82, 2.24) is 5.32 Å². The summed E-state index contributed by atoms with van der Waals surface area (Å²) < 4.78 is 31.8. The zero-order valence-corrected chi connectivity index (χ0v) is 16.7. The summed E-state index contributed by atoms with van der Waals surface area (Å²) in [5.41, 5.74) is 0.349. The molecular weight excluding hydrogens is 404 g/mol. The van der Waals surface area contributed by atoms with Crippen molar-refractivity contribution in [1.29, 1.82) is 0 Å². The van der Waals surface area contributed by atoms with E-state index in [0.29, 0.717) is 5.69 Å². The van der Waals surface area contributed by atoms with Gasteiger partial charge < -0.3 is 10.1 Å². The average molecular weight is 423 g/mol. The van der Waals surface area contributed by atoms with Gasteiger partial charge in [0.25, 0.3) is 15.9 Å². The monoisotopic (exact) mass is 422 g/mol. The molecule has 0 unspecified atom stereocenters. The fourth-order valence-corrected chi connectivity index (χ4v) is 3.88. The smallest absolute Gasteiger partial charge is 0.340 e. The Kier molecular flexibility index (Phi) is 5.90. The van der Waals surface area contributed by atoms with Gasteiger partial charge in [-0.15, -0.1) is 0 Å². The lowest BCUT2D eigenvalue weighted by atomic mass is 10.2. The first-order chi connectivity index (χ1) is 13.3. The first-order valence-corrected chi connectivity index (χ1v) is 10.4. The fourth-order valence-electron chi connectivity index (χ4n) is 2.46. The molecule has 3 rings (SSSR count). The van der Waals surface area contributed by atoms with Crippen LogP contribution >= 0.6 is 11.6 Å². The summed E-state index contributed by atoms with van der Waals surface area (Å²) in [5.74, 6) is -1.27. The number of halogens is 1. The molecule has 0 spiro atoms. The third-order valence-corrected chi connectivity index (χ3v) is 6.32. The lowest BCUT2D eigenvalue weighted by Gasteiger charge is -2.20. The van der Waals surface area contributed by atoms with E-state index in [2.05, 4.69) is 5.32 Å². The van der Waals surface area contributed by atoms with Crippen LogP contribution in [0.3, 0.4) is 0 Å². The Morgan fingerprint density at radius 1 is 1.18 bits per heavy atom. The van der Waals surface area contributed by atoms with Gasteiger partial charge in [0, 0.05) is 13.1 Å². The molecule has 1 saturated carbocycles. The van der Waals surface area contributed by atoms with Crippen LogP contribution in [0.25, 0.3) is 0 Å². The third kappa shape index (κ3) is 4.63. The highest BCUT2D eigenvalue weighted by atomic mass is 35.5. The molecule has 1 fully saturated rings. The summed E-state index contributed by atoms with van der Waals surface area (Å²) in [5, 5.41) is 2.73. The van der Waals surface area contributed by atoms with Crippen LogP contribution in [0.2, 0.25) is 5.02 Å². The van der Waals surface area contributed by atoms with E-state index < -0.39 is 28.5 Å². The second kappa shape index (κ2) is 8.20. The zero-order chi connectivity index (χ0) is 20.3. The topological polar surface area (TPSA) is 92.8 Å². The molecule has 0 atom stereocenters. The van der Waals surface area contributed by atoms with Crippen molar-refractivity contribution in [3.05, 3.63) is 59.1 Å². The molecule has 28 heavy (non-hydrogen) atoms. The van der Waals surface area contributed by atoms with Gasteiger partial charge in [-0.1, -0.05) is 29.8 Å². The second-order valence-corrected chi connectivity index (χ2v) is 8.74. The van der Waals surface area contributed by atoms with Crippen LogP contribution in [0.4, 0.5) is 5.69 Å². The van der Waals surface area contributed by atoms with Gasteiger partial charge in [-0.2, -0.15) is 0 Å². The van der Waals surface area contributed by atoms with Crippen molar-refractivity contribution >= 4 is 39.2 Å². The summed E-state index contributed by atoms with van der Waals surface area (Å²) in [4.78, 5) is 23.8. The van der Waals surface area contributed by atoms with Gasteiger partial charge in [0.15, 0.2) is 6.61 Å². The van der Waals surface area contributed by atoms with Gasteiger partial charge in [-0.05, 0) is 43.2 Å². The summed E-state index contributed by atoms with van der Waals surface area (Å²) >= 11 is 6.04. The number of para-hydroxylation sites is 1. The van der Waals surface area contributed by atoms with Gasteiger partial charge in [-0.3, -0.25) is 9.10 Å². The number of amides is 1. The Labute approximate surface area is 168 Å². The van der Waals surface area contributed by atoms with Crippen molar-refractivity contribution < 1.29 is 22.7 Å². The lowest BCUT2D eigenvalue weighted by molar-refractivity contribution is -0.124.